The van der Waals surface area contributed by atoms with E-state index in [-0.39, 0.29) is 24.8 Å². The SMILES string of the molecule is CC(C)Oc1cccnc1NC1(C(F)(F)F)CC1. The van der Waals surface area contributed by atoms with Crippen molar-refractivity contribution < 1.29 is 17.9 Å². The van der Waals surface area contributed by atoms with E-state index in [1.54, 1.807) is 12.1 Å². The summed E-state index contributed by atoms with van der Waals surface area (Å²) in [6.45, 7) is 3.63. The molecule has 0 spiro atoms. The van der Waals surface area contributed by atoms with Gasteiger partial charge in [-0.15, -0.1) is 0 Å². The van der Waals surface area contributed by atoms with Gasteiger partial charge in [0.15, 0.2) is 11.6 Å². The summed E-state index contributed by atoms with van der Waals surface area (Å²) in [6.07, 6.45) is -2.78. The Balaban J connectivity index is 2.19. The van der Waals surface area contributed by atoms with E-state index in [1.807, 2.05) is 13.8 Å². The van der Waals surface area contributed by atoms with E-state index in [4.69, 9.17) is 4.74 Å². The van der Waals surface area contributed by atoms with Crippen molar-refractivity contribution in [1.29, 1.82) is 0 Å². The summed E-state index contributed by atoms with van der Waals surface area (Å²) in [7, 11) is 0. The van der Waals surface area contributed by atoms with E-state index < -0.39 is 11.7 Å². The van der Waals surface area contributed by atoms with Crippen molar-refractivity contribution in [3.63, 3.8) is 0 Å². The van der Waals surface area contributed by atoms with E-state index in [2.05, 4.69) is 10.3 Å². The largest absolute Gasteiger partial charge is 0.487 e. The van der Waals surface area contributed by atoms with Crippen LogP contribution in [0.4, 0.5) is 19.0 Å². The van der Waals surface area contributed by atoms with Gasteiger partial charge in [-0.05, 0) is 38.8 Å². The van der Waals surface area contributed by atoms with Crippen molar-refractivity contribution in [3.05, 3.63) is 18.3 Å². The molecule has 1 heterocycles. The second kappa shape index (κ2) is 4.33. The zero-order valence-electron chi connectivity index (χ0n) is 10.2. The summed E-state index contributed by atoms with van der Waals surface area (Å²) in [5.74, 6) is 0.504. The first-order valence-electron chi connectivity index (χ1n) is 5.81. The lowest BCUT2D eigenvalue weighted by atomic mass is 10.2. The van der Waals surface area contributed by atoms with Crippen LogP contribution >= 0.6 is 0 Å². The number of nitrogens with zero attached hydrogens (tertiary/aromatic N) is 1. The minimum absolute atomic E-state index is 0.0776. The molecule has 0 aliphatic heterocycles. The van der Waals surface area contributed by atoms with E-state index in [0.29, 0.717) is 5.75 Å². The molecule has 1 aliphatic carbocycles. The van der Waals surface area contributed by atoms with Crippen LogP contribution in [-0.2, 0) is 0 Å². The van der Waals surface area contributed by atoms with Crippen LogP contribution < -0.4 is 10.1 Å². The van der Waals surface area contributed by atoms with Gasteiger partial charge >= 0.3 is 6.18 Å². The van der Waals surface area contributed by atoms with Gasteiger partial charge in [-0.25, -0.2) is 4.98 Å². The molecule has 0 radical (unpaired) electrons. The molecule has 3 nitrogen and oxygen atoms in total. The first-order chi connectivity index (χ1) is 8.34. The third-order valence-corrected chi connectivity index (χ3v) is 2.78. The van der Waals surface area contributed by atoms with Crippen molar-refractivity contribution in [2.45, 2.75) is 44.5 Å². The fraction of sp³-hybridized carbons (Fsp3) is 0.583. The number of alkyl halides is 3. The van der Waals surface area contributed by atoms with E-state index >= 15 is 0 Å². The van der Waals surface area contributed by atoms with Gasteiger partial charge in [-0.3, -0.25) is 0 Å². The predicted octanol–water partition coefficient (Wildman–Crippen LogP) is 3.38. The van der Waals surface area contributed by atoms with Gasteiger partial charge in [-0.2, -0.15) is 13.2 Å². The molecule has 2 rings (SSSR count). The highest BCUT2D eigenvalue weighted by Crippen LogP contribution is 2.51. The van der Waals surface area contributed by atoms with Gasteiger partial charge in [0.05, 0.1) is 6.10 Å². The number of aromatic nitrogens is 1. The summed E-state index contributed by atoms with van der Waals surface area (Å²) in [5.41, 5.74) is -1.82. The van der Waals surface area contributed by atoms with Gasteiger partial charge in [0, 0.05) is 6.20 Å². The molecule has 0 bridgehead atoms. The number of nitrogens with one attached hydrogen (secondary N) is 1. The van der Waals surface area contributed by atoms with Crippen molar-refractivity contribution in [3.8, 4) is 5.75 Å². The normalized spacial score (nSPS) is 17.7. The number of hydrogen-bond acceptors (Lipinski definition) is 3. The molecule has 0 saturated heterocycles. The zero-order chi connectivity index (χ0) is 13.4. The van der Waals surface area contributed by atoms with Gasteiger partial charge in [0.25, 0.3) is 0 Å². The average molecular weight is 260 g/mol. The lowest BCUT2D eigenvalue weighted by Crippen LogP contribution is -2.39. The molecule has 1 aromatic heterocycles. The molecule has 0 aromatic carbocycles. The minimum atomic E-state index is -4.26. The number of halogens is 3. The highest BCUT2D eigenvalue weighted by molar-refractivity contribution is 5.53. The molecule has 1 aromatic rings. The first kappa shape index (κ1) is 13.0. The number of anilines is 1. The van der Waals surface area contributed by atoms with E-state index in [9.17, 15) is 13.2 Å². The van der Waals surface area contributed by atoms with Gasteiger partial charge < -0.3 is 10.1 Å². The quantitative estimate of drug-likeness (QED) is 0.901. The minimum Gasteiger partial charge on any atom is -0.487 e. The zero-order valence-corrected chi connectivity index (χ0v) is 10.2. The van der Waals surface area contributed by atoms with Crippen LogP contribution in [0.25, 0.3) is 0 Å². The third kappa shape index (κ3) is 2.52. The lowest BCUT2D eigenvalue weighted by molar-refractivity contribution is -0.151. The standard InChI is InChI=1S/C12H15F3N2O/c1-8(2)18-9-4-3-7-16-10(9)17-11(5-6-11)12(13,14)15/h3-4,7-8H,5-6H2,1-2H3,(H,16,17). The summed E-state index contributed by atoms with van der Waals surface area (Å²) in [4.78, 5) is 3.93. The van der Waals surface area contributed by atoms with Gasteiger partial charge in [0.1, 0.15) is 5.54 Å². The molecule has 0 amide bonds. The van der Waals surface area contributed by atoms with Crippen LogP contribution in [0.15, 0.2) is 18.3 Å². The lowest BCUT2D eigenvalue weighted by Gasteiger charge is -2.23. The Hall–Kier alpha value is -1.46. The molecular weight excluding hydrogens is 245 g/mol. The number of rotatable bonds is 4. The average Bonchev–Trinajstić information content (AvgIpc) is 3.00. The van der Waals surface area contributed by atoms with E-state index in [1.165, 1.54) is 6.20 Å². The maximum Gasteiger partial charge on any atom is 0.411 e. The second-order valence-electron chi connectivity index (χ2n) is 4.72. The Morgan fingerprint density at radius 2 is 2.06 bits per heavy atom. The van der Waals surface area contributed by atoms with Crippen molar-refractivity contribution in [1.82, 2.24) is 4.98 Å². The molecule has 6 heteroatoms. The number of hydrogen-bond donors (Lipinski definition) is 1. The molecular formula is C12H15F3N2O. The molecule has 1 saturated carbocycles. The Morgan fingerprint density at radius 3 is 2.56 bits per heavy atom. The molecule has 100 valence electrons. The van der Waals surface area contributed by atoms with Crippen LogP contribution in [0, 0.1) is 0 Å². The molecule has 1 fully saturated rings. The number of pyridine rings is 1. The molecule has 18 heavy (non-hydrogen) atoms. The van der Waals surface area contributed by atoms with Gasteiger partial charge in [0.2, 0.25) is 0 Å². The monoisotopic (exact) mass is 260 g/mol. The van der Waals surface area contributed by atoms with Crippen molar-refractivity contribution in [2.75, 3.05) is 5.32 Å². The first-order valence-corrected chi connectivity index (χ1v) is 5.81. The Kier molecular flexibility index (Phi) is 3.12. The molecule has 1 N–H and O–H groups in total. The maximum atomic E-state index is 12.8. The molecule has 1 aliphatic rings. The topological polar surface area (TPSA) is 34.1 Å². The van der Waals surface area contributed by atoms with Crippen LogP contribution in [0.2, 0.25) is 0 Å². The fourth-order valence-corrected chi connectivity index (χ4v) is 1.66. The van der Waals surface area contributed by atoms with Gasteiger partial charge in [-0.1, -0.05) is 0 Å². The highest BCUT2D eigenvalue weighted by Gasteiger charge is 2.64. The Labute approximate surface area is 103 Å². The smallest absolute Gasteiger partial charge is 0.411 e. The van der Waals surface area contributed by atoms with Crippen molar-refractivity contribution >= 4 is 5.82 Å². The third-order valence-electron chi connectivity index (χ3n) is 2.78. The summed E-state index contributed by atoms with van der Waals surface area (Å²) in [6, 6.07) is 3.25. The molecule has 0 unspecified atom stereocenters. The molecule has 0 atom stereocenters. The van der Waals surface area contributed by atoms with Crippen LogP contribution in [-0.4, -0.2) is 22.8 Å². The van der Waals surface area contributed by atoms with E-state index in [0.717, 1.165) is 0 Å². The Bertz CT molecular complexity index is 428. The summed E-state index contributed by atoms with van der Waals surface area (Å²) < 4.78 is 44.0. The van der Waals surface area contributed by atoms with Crippen LogP contribution in [0.5, 0.6) is 5.75 Å². The summed E-state index contributed by atoms with van der Waals surface area (Å²) in [5, 5.41) is 2.48. The second-order valence-corrected chi connectivity index (χ2v) is 4.72. The Morgan fingerprint density at radius 1 is 1.39 bits per heavy atom. The fourth-order valence-electron chi connectivity index (χ4n) is 1.66. The predicted molar refractivity (Wildman–Crippen MR) is 61.6 cm³/mol. The van der Waals surface area contributed by atoms with Crippen LogP contribution in [0.1, 0.15) is 26.7 Å². The van der Waals surface area contributed by atoms with Crippen molar-refractivity contribution in [2.24, 2.45) is 0 Å². The maximum absolute atomic E-state index is 12.8. The highest BCUT2D eigenvalue weighted by atomic mass is 19.4. The summed E-state index contributed by atoms with van der Waals surface area (Å²) >= 11 is 0. The number of ether oxygens (including phenoxy) is 1. The van der Waals surface area contributed by atoms with Crippen LogP contribution in [0.3, 0.4) is 0 Å².